The van der Waals surface area contributed by atoms with Crippen LogP contribution in [0.5, 0.6) is 0 Å². The summed E-state index contributed by atoms with van der Waals surface area (Å²) in [5.74, 6) is 0.0537. The van der Waals surface area contributed by atoms with Gasteiger partial charge in [-0.1, -0.05) is 42.5 Å². The molecule has 2 aromatic carbocycles. The second kappa shape index (κ2) is 8.56. The van der Waals surface area contributed by atoms with E-state index in [9.17, 15) is 4.79 Å². The van der Waals surface area contributed by atoms with Crippen molar-refractivity contribution in [2.45, 2.75) is 37.8 Å². The lowest BCUT2D eigenvalue weighted by Crippen LogP contribution is -2.33. The number of nitrogens with one attached hydrogen (secondary N) is 1. The molecule has 3 aromatic rings. The monoisotopic (exact) mass is 410 g/mol. The first-order valence-electron chi connectivity index (χ1n) is 10.4. The van der Waals surface area contributed by atoms with E-state index >= 15 is 0 Å². The normalized spacial score (nSPS) is 21.9. The molecular weight excluding hydrogens is 384 g/mol. The van der Waals surface area contributed by atoms with Gasteiger partial charge in [-0.2, -0.15) is 5.10 Å². The minimum absolute atomic E-state index is 0. The maximum absolute atomic E-state index is 13.3. The highest BCUT2D eigenvalue weighted by Gasteiger charge is 2.32. The number of rotatable bonds is 3. The molecule has 0 radical (unpaired) electrons. The van der Waals surface area contributed by atoms with Crippen molar-refractivity contribution in [1.29, 1.82) is 0 Å². The molecule has 29 heavy (non-hydrogen) atoms. The molecule has 2 aliphatic rings. The van der Waals surface area contributed by atoms with E-state index in [1.807, 2.05) is 21.8 Å². The van der Waals surface area contributed by atoms with Gasteiger partial charge in [-0.15, -0.1) is 12.4 Å². The lowest BCUT2D eigenvalue weighted by molar-refractivity contribution is 0.0729. The fraction of sp³-hybridized carbons (Fsp3) is 0.391. The van der Waals surface area contributed by atoms with Crippen LogP contribution in [0.15, 0.2) is 54.7 Å². The first kappa shape index (κ1) is 19.9. The van der Waals surface area contributed by atoms with Crippen LogP contribution >= 0.6 is 12.4 Å². The molecule has 0 aliphatic carbocycles. The molecule has 2 saturated heterocycles. The first-order valence-corrected chi connectivity index (χ1v) is 10.4. The number of hydrogen-bond acceptors (Lipinski definition) is 3. The SMILES string of the molecule is Cl.O=C(c1ccn(C2CCCNC2)n1)N1CCCC1c1cccc2ccccc12. The average molecular weight is 411 g/mol. The van der Waals surface area contributed by atoms with Gasteiger partial charge in [0.05, 0.1) is 12.1 Å². The zero-order valence-corrected chi connectivity index (χ0v) is 17.3. The largest absolute Gasteiger partial charge is 0.330 e. The molecule has 2 fully saturated rings. The van der Waals surface area contributed by atoms with Crippen molar-refractivity contribution in [3.63, 3.8) is 0 Å². The number of fused-ring (bicyclic) bond motifs is 1. The zero-order valence-electron chi connectivity index (χ0n) is 16.5. The van der Waals surface area contributed by atoms with Gasteiger partial charge in [0.1, 0.15) is 5.69 Å². The van der Waals surface area contributed by atoms with Crippen molar-refractivity contribution in [2.24, 2.45) is 0 Å². The number of carbonyl (C=O) groups excluding carboxylic acids is 1. The molecule has 1 N–H and O–H groups in total. The summed E-state index contributed by atoms with van der Waals surface area (Å²) in [4.78, 5) is 15.3. The molecule has 3 heterocycles. The smallest absolute Gasteiger partial charge is 0.274 e. The summed E-state index contributed by atoms with van der Waals surface area (Å²) in [5.41, 5.74) is 1.82. The Labute approximate surface area is 177 Å². The van der Waals surface area contributed by atoms with Gasteiger partial charge in [-0.25, -0.2) is 0 Å². The summed E-state index contributed by atoms with van der Waals surface area (Å²) in [6.45, 7) is 2.80. The van der Waals surface area contributed by atoms with Crippen molar-refractivity contribution in [1.82, 2.24) is 20.0 Å². The number of hydrogen-bond donors (Lipinski definition) is 1. The fourth-order valence-electron chi connectivity index (χ4n) is 4.74. The average Bonchev–Trinajstić information content (AvgIpc) is 3.43. The summed E-state index contributed by atoms with van der Waals surface area (Å²) in [6, 6.07) is 17.2. The molecule has 0 spiro atoms. The summed E-state index contributed by atoms with van der Waals surface area (Å²) < 4.78 is 1.97. The molecule has 0 bridgehead atoms. The number of benzene rings is 2. The zero-order chi connectivity index (χ0) is 18.9. The van der Waals surface area contributed by atoms with Gasteiger partial charge in [-0.05, 0) is 54.6 Å². The van der Waals surface area contributed by atoms with E-state index in [2.05, 4.69) is 52.9 Å². The van der Waals surface area contributed by atoms with Crippen molar-refractivity contribution >= 4 is 29.1 Å². The lowest BCUT2D eigenvalue weighted by atomic mass is 9.97. The number of carbonyl (C=O) groups is 1. The van der Waals surface area contributed by atoms with Crippen molar-refractivity contribution < 1.29 is 4.79 Å². The van der Waals surface area contributed by atoms with Crippen molar-refractivity contribution in [3.8, 4) is 0 Å². The predicted octanol–water partition coefficient (Wildman–Crippen LogP) is 4.36. The van der Waals surface area contributed by atoms with Crippen LogP contribution in [-0.2, 0) is 0 Å². The minimum atomic E-state index is 0. The Bertz CT molecular complexity index is 990. The Hall–Kier alpha value is -2.37. The molecule has 1 amide bonds. The number of piperidine rings is 1. The van der Waals surface area contributed by atoms with Crippen LogP contribution in [0.4, 0.5) is 0 Å². The van der Waals surface area contributed by atoms with Crippen LogP contribution in [0.1, 0.15) is 53.8 Å². The van der Waals surface area contributed by atoms with E-state index in [1.165, 1.54) is 16.3 Å². The van der Waals surface area contributed by atoms with Gasteiger partial charge >= 0.3 is 0 Å². The van der Waals surface area contributed by atoms with Gasteiger partial charge in [0.2, 0.25) is 0 Å². The molecule has 0 saturated carbocycles. The van der Waals surface area contributed by atoms with Crippen molar-refractivity contribution in [3.05, 3.63) is 66.0 Å². The van der Waals surface area contributed by atoms with Crippen LogP contribution in [0.3, 0.4) is 0 Å². The highest BCUT2D eigenvalue weighted by molar-refractivity contribution is 5.93. The van der Waals surface area contributed by atoms with Crippen LogP contribution in [0.2, 0.25) is 0 Å². The van der Waals surface area contributed by atoms with Crippen LogP contribution in [0, 0.1) is 0 Å². The van der Waals surface area contributed by atoms with Gasteiger partial charge in [-0.3, -0.25) is 9.48 Å². The van der Waals surface area contributed by atoms with E-state index in [4.69, 9.17) is 0 Å². The third-order valence-corrected chi connectivity index (χ3v) is 6.17. The second-order valence-corrected chi connectivity index (χ2v) is 7.91. The Morgan fingerprint density at radius 2 is 1.90 bits per heavy atom. The molecule has 2 unspecified atom stereocenters. The second-order valence-electron chi connectivity index (χ2n) is 7.91. The third kappa shape index (κ3) is 3.77. The highest BCUT2D eigenvalue weighted by atomic mass is 35.5. The highest BCUT2D eigenvalue weighted by Crippen LogP contribution is 2.36. The van der Waals surface area contributed by atoms with Gasteiger partial charge in [0.15, 0.2) is 0 Å². The number of aromatic nitrogens is 2. The van der Waals surface area contributed by atoms with Crippen molar-refractivity contribution in [2.75, 3.05) is 19.6 Å². The molecule has 2 aliphatic heterocycles. The molecular formula is C23H27ClN4O. The number of likely N-dealkylation sites (tertiary alicyclic amines) is 1. The van der Waals surface area contributed by atoms with Crippen LogP contribution in [0.25, 0.3) is 10.8 Å². The summed E-state index contributed by atoms with van der Waals surface area (Å²) >= 11 is 0. The first-order chi connectivity index (χ1) is 13.8. The Kier molecular flexibility index (Phi) is 5.88. The van der Waals surface area contributed by atoms with E-state index in [-0.39, 0.29) is 24.4 Å². The minimum Gasteiger partial charge on any atom is -0.330 e. The number of halogens is 1. The molecule has 5 nitrogen and oxygen atoms in total. The van der Waals surface area contributed by atoms with Gasteiger partial charge in [0.25, 0.3) is 5.91 Å². The molecule has 1 aromatic heterocycles. The summed E-state index contributed by atoms with van der Waals surface area (Å²) in [6.07, 6.45) is 6.28. The molecule has 152 valence electrons. The summed E-state index contributed by atoms with van der Waals surface area (Å²) in [5, 5.41) is 10.5. The fourth-order valence-corrected chi connectivity index (χ4v) is 4.74. The molecule has 5 rings (SSSR count). The quantitative estimate of drug-likeness (QED) is 0.697. The Morgan fingerprint density at radius 1 is 1.03 bits per heavy atom. The standard InChI is InChI=1S/C23H26N4O.ClH/c28-23(21-12-15-27(25-21)18-8-4-13-24-16-18)26-14-5-11-22(26)20-10-3-7-17-6-1-2-9-19(17)20;/h1-3,6-7,9-10,12,15,18,22,24H,4-5,8,11,13-14,16H2;1H. The van der Waals surface area contributed by atoms with E-state index in [0.717, 1.165) is 45.3 Å². The lowest BCUT2D eigenvalue weighted by Gasteiger charge is -2.26. The van der Waals surface area contributed by atoms with E-state index in [0.29, 0.717) is 11.7 Å². The van der Waals surface area contributed by atoms with E-state index < -0.39 is 0 Å². The number of nitrogens with zero attached hydrogens (tertiary/aromatic N) is 3. The van der Waals surface area contributed by atoms with Crippen LogP contribution < -0.4 is 5.32 Å². The Morgan fingerprint density at radius 3 is 2.76 bits per heavy atom. The topological polar surface area (TPSA) is 50.2 Å². The van der Waals surface area contributed by atoms with Gasteiger partial charge in [0, 0.05) is 19.3 Å². The van der Waals surface area contributed by atoms with Gasteiger partial charge < -0.3 is 10.2 Å². The maximum Gasteiger partial charge on any atom is 0.274 e. The van der Waals surface area contributed by atoms with Crippen LogP contribution in [-0.4, -0.2) is 40.2 Å². The molecule has 2 atom stereocenters. The predicted molar refractivity (Wildman–Crippen MR) is 118 cm³/mol. The third-order valence-electron chi connectivity index (χ3n) is 6.17. The maximum atomic E-state index is 13.3. The number of amides is 1. The van der Waals surface area contributed by atoms with E-state index in [1.54, 1.807) is 0 Å². The summed E-state index contributed by atoms with van der Waals surface area (Å²) in [7, 11) is 0. The Balaban J connectivity index is 0.00000205. The molecule has 6 heteroatoms.